The third-order valence-electron chi connectivity index (χ3n) is 4.14. The number of hydrogen-bond donors (Lipinski definition) is 0. The normalized spacial score (nSPS) is 15.0. The highest BCUT2D eigenvalue weighted by molar-refractivity contribution is 7.22. The Morgan fingerprint density at radius 2 is 2.08 bits per heavy atom. The van der Waals surface area contributed by atoms with Crippen LogP contribution < -0.4 is 17.3 Å². The molecule has 1 saturated heterocycles. The summed E-state index contributed by atoms with van der Waals surface area (Å²) in [6.07, 6.45) is 1.12. The molecule has 0 radical (unpaired) electrons. The molecule has 0 N–H and O–H groups in total. The van der Waals surface area contributed by atoms with Crippen LogP contribution in [0, 0.1) is 11.6 Å². The van der Waals surface area contributed by atoms with E-state index >= 15 is 0 Å². The molecule has 2 aromatic rings. The molecule has 1 fully saturated rings. The number of carbonyl (C=O) groups excluding carboxylic acids is 1. The van der Waals surface area contributed by atoms with Crippen LogP contribution in [-0.4, -0.2) is 55.2 Å². The predicted molar refractivity (Wildman–Crippen MR) is 94.1 cm³/mol. The minimum atomic E-state index is -0.700. The van der Waals surface area contributed by atoms with Crippen molar-refractivity contribution in [2.24, 2.45) is 0 Å². The van der Waals surface area contributed by atoms with Crippen molar-refractivity contribution in [3.63, 3.8) is 0 Å². The summed E-state index contributed by atoms with van der Waals surface area (Å²) >= 11 is 1.15. The van der Waals surface area contributed by atoms with Gasteiger partial charge in [0.1, 0.15) is 11.3 Å². The lowest BCUT2D eigenvalue weighted by Gasteiger charge is -2.29. The number of thiazole rings is 1. The van der Waals surface area contributed by atoms with Crippen molar-refractivity contribution in [1.82, 2.24) is 9.88 Å². The molecule has 1 aromatic heterocycles. The number of rotatable bonds is 6. The maximum atomic E-state index is 13.9. The van der Waals surface area contributed by atoms with Gasteiger partial charge in [0.15, 0.2) is 10.9 Å². The zero-order valence-electron chi connectivity index (χ0n) is 14.5. The van der Waals surface area contributed by atoms with Crippen LogP contribution in [0.4, 0.5) is 13.9 Å². The van der Waals surface area contributed by atoms with E-state index in [0.717, 1.165) is 36.9 Å². The summed E-state index contributed by atoms with van der Waals surface area (Å²) in [5.41, 5.74) is 0.113. The lowest BCUT2D eigenvalue weighted by atomic mass is 10.3. The highest BCUT2D eigenvalue weighted by atomic mass is 35.5. The Morgan fingerprint density at radius 1 is 1.35 bits per heavy atom. The topological polar surface area (TPSA) is 45.7 Å². The van der Waals surface area contributed by atoms with E-state index in [4.69, 9.17) is 4.74 Å². The summed E-state index contributed by atoms with van der Waals surface area (Å²) in [4.78, 5) is 20.6. The molecule has 26 heavy (non-hydrogen) atoms. The molecule has 0 aliphatic carbocycles. The first-order valence-electron chi connectivity index (χ1n) is 8.44. The Labute approximate surface area is 161 Å². The number of fused-ring (bicyclic) bond motifs is 1. The number of aromatic nitrogens is 1. The van der Waals surface area contributed by atoms with Gasteiger partial charge in [-0.3, -0.25) is 14.6 Å². The SMILES string of the molecule is CCCC(=O)N(CCN1CCOCC1)c1nc2c(F)cc(F)cc2s1.[Cl-]. The number of hydrogen-bond acceptors (Lipinski definition) is 5. The first kappa shape index (κ1) is 21.0. The second-order valence-electron chi connectivity index (χ2n) is 5.98. The second kappa shape index (κ2) is 9.55. The molecule has 9 heteroatoms. The third-order valence-corrected chi connectivity index (χ3v) is 5.17. The number of benzene rings is 1. The third kappa shape index (κ3) is 4.88. The van der Waals surface area contributed by atoms with Gasteiger partial charge in [0.25, 0.3) is 0 Å². The van der Waals surface area contributed by atoms with Crippen molar-refractivity contribution in [2.45, 2.75) is 19.8 Å². The van der Waals surface area contributed by atoms with Crippen molar-refractivity contribution in [3.8, 4) is 0 Å². The molecule has 5 nitrogen and oxygen atoms in total. The maximum absolute atomic E-state index is 13.9. The van der Waals surface area contributed by atoms with Gasteiger partial charge in [-0.05, 0) is 12.5 Å². The molecule has 0 spiro atoms. The number of morpholine rings is 1. The molecule has 0 saturated carbocycles. The van der Waals surface area contributed by atoms with Crippen LogP contribution in [0.2, 0.25) is 0 Å². The molecule has 1 aromatic carbocycles. The van der Waals surface area contributed by atoms with Gasteiger partial charge in [0.2, 0.25) is 5.91 Å². The van der Waals surface area contributed by atoms with E-state index < -0.39 is 11.6 Å². The summed E-state index contributed by atoms with van der Waals surface area (Å²) in [7, 11) is 0. The van der Waals surface area contributed by atoms with E-state index in [9.17, 15) is 13.6 Å². The Morgan fingerprint density at radius 3 is 2.77 bits per heavy atom. The first-order chi connectivity index (χ1) is 12.1. The average molecular weight is 405 g/mol. The Kier molecular flexibility index (Phi) is 7.69. The van der Waals surface area contributed by atoms with Gasteiger partial charge < -0.3 is 17.1 Å². The summed E-state index contributed by atoms with van der Waals surface area (Å²) < 4.78 is 33.1. The summed E-state index contributed by atoms with van der Waals surface area (Å²) in [5.74, 6) is -1.38. The van der Waals surface area contributed by atoms with Crippen LogP contribution in [0.25, 0.3) is 10.2 Å². The van der Waals surface area contributed by atoms with Crippen LogP contribution >= 0.6 is 11.3 Å². The highest BCUT2D eigenvalue weighted by Crippen LogP contribution is 2.31. The molecule has 1 aliphatic heterocycles. The minimum absolute atomic E-state index is 0. The molecular formula is C17H21ClF2N3O2S-. The van der Waals surface area contributed by atoms with Crippen LogP contribution in [0.15, 0.2) is 12.1 Å². The van der Waals surface area contributed by atoms with Gasteiger partial charge in [-0.25, -0.2) is 13.8 Å². The Bertz CT molecular complexity index is 753. The van der Waals surface area contributed by atoms with E-state index in [-0.39, 0.29) is 23.8 Å². The summed E-state index contributed by atoms with van der Waals surface area (Å²) in [6, 6.07) is 2.07. The Hall–Kier alpha value is -1.35. The molecule has 3 rings (SSSR count). The van der Waals surface area contributed by atoms with Gasteiger partial charge in [0.05, 0.1) is 17.9 Å². The minimum Gasteiger partial charge on any atom is -1.00 e. The van der Waals surface area contributed by atoms with Gasteiger partial charge in [-0.15, -0.1) is 0 Å². The number of ether oxygens (including phenoxy) is 1. The van der Waals surface area contributed by atoms with Crippen molar-refractivity contribution in [3.05, 3.63) is 23.8 Å². The number of nitrogens with zero attached hydrogens (tertiary/aromatic N) is 3. The van der Waals surface area contributed by atoms with E-state index in [1.54, 1.807) is 4.90 Å². The quantitative estimate of drug-likeness (QED) is 0.682. The molecule has 1 amide bonds. The van der Waals surface area contributed by atoms with Crippen molar-refractivity contribution >= 4 is 32.6 Å². The smallest absolute Gasteiger partial charge is 0.228 e. The van der Waals surface area contributed by atoms with Crippen LogP contribution in [0.3, 0.4) is 0 Å². The van der Waals surface area contributed by atoms with E-state index in [1.165, 1.54) is 6.07 Å². The van der Waals surface area contributed by atoms with Gasteiger partial charge in [-0.2, -0.15) is 0 Å². The van der Waals surface area contributed by atoms with Gasteiger partial charge in [0, 0.05) is 38.7 Å². The van der Waals surface area contributed by atoms with Crippen molar-refractivity contribution < 1.29 is 30.7 Å². The fourth-order valence-electron chi connectivity index (χ4n) is 2.80. The van der Waals surface area contributed by atoms with E-state index in [2.05, 4.69) is 9.88 Å². The maximum Gasteiger partial charge on any atom is 0.228 e. The van der Waals surface area contributed by atoms with Crippen LogP contribution in [-0.2, 0) is 9.53 Å². The first-order valence-corrected chi connectivity index (χ1v) is 9.26. The largest absolute Gasteiger partial charge is 1.00 e. The zero-order chi connectivity index (χ0) is 17.8. The van der Waals surface area contributed by atoms with E-state index in [0.29, 0.717) is 42.6 Å². The van der Waals surface area contributed by atoms with Gasteiger partial charge >= 0.3 is 0 Å². The molecule has 0 atom stereocenters. The van der Waals surface area contributed by atoms with Crippen LogP contribution in [0.5, 0.6) is 0 Å². The monoisotopic (exact) mass is 404 g/mol. The molecular weight excluding hydrogens is 384 g/mol. The summed E-state index contributed by atoms with van der Waals surface area (Å²) in [5, 5.41) is 0.422. The molecule has 144 valence electrons. The van der Waals surface area contributed by atoms with E-state index in [1.807, 2.05) is 6.92 Å². The predicted octanol–water partition coefficient (Wildman–Crippen LogP) is 0.0438. The Balaban J connectivity index is 0.00000243. The molecule has 0 unspecified atom stereocenters. The number of carbonyl (C=O) groups is 1. The van der Waals surface area contributed by atoms with Gasteiger partial charge in [-0.1, -0.05) is 18.3 Å². The number of halogens is 3. The second-order valence-corrected chi connectivity index (χ2v) is 6.99. The number of anilines is 1. The molecule has 1 aliphatic rings. The van der Waals surface area contributed by atoms with Crippen molar-refractivity contribution in [2.75, 3.05) is 44.3 Å². The van der Waals surface area contributed by atoms with Crippen LogP contribution in [0.1, 0.15) is 19.8 Å². The number of amides is 1. The molecule has 0 bridgehead atoms. The van der Waals surface area contributed by atoms with Crippen molar-refractivity contribution in [1.29, 1.82) is 0 Å². The standard InChI is InChI=1S/C17H21F2N3O2S.ClH/c1-2-3-15(23)22(5-4-21-6-8-24-9-7-21)17-20-16-13(19)10-12(18)11-14(16)25-17;/h10-11H,2-9H2,1H3;1H/p-1. The average Bonchev–Trinajstić information content (AvgIpc) is 3.00. The lowest BCUT2D eigenvalue weighted by Crippen LogP contribution is -3.00. The fraction of sp³-hybridized carbons (Fsp3) is 0.529. The zero-order valence-corrected chi connectivity index (χ0v) is 16.1. The fourth-order valence-corrected chi connectivity index (χ4v) is 3.85. The lowest BCUT2D eigenvalue weighted by molar-refractivity contribution is -0.118. The molecule has 2 heterocycles. The summed E-state index contributed by atoms with van der Waals surface area (Å²) in [6.45, 7) is 6.15. The highest BCUT2D eigenvalue weighted by Gasteiger charge is 2.22.